The maximum Gasteiger partial charge on any atom is 0.327 e. The summed E-state index contributed by atoms with van der Waals surface area (Å²) in [4.78, 5) is 29.1. The highest BCUT2D eigenvalue weighted by molar-refractivity contribution is 7.92. The lowest BCUT2D eigenvalue weighted by atomic mass is 10.1. The molecule has 0 unspecified atom stereocenters. The molecule has 2 heterocycles. The summed E-state index contributed by atoms with van der Waals surface area (Å²) in [5, 5.41) is 18.1. The van der Waals surface area contributed by atoms with Gasteiger partial charge in [-0.05, 0) is 42.3 Å². The number of aromatic nitrogens is 4. The summed E-state index contributed by atoms with van der Waals surface area (Å²) >= 11 is 0. The molecule has 0 aliphatic heterocycles. The van der Waals surface area contributed by atoms with Gasteiger partial charge in [-0.15, -0.1) is 5.10 Å². The molecule has 11 nitrogen and oxygen atoms in total. The molecule has 186 valence electrons. The number of fused-ring (bicyclic) bond motifs is 1. The van der Waals surface area contributed by atoms with Gasteiger partial charge in [0.1, 0.15) is 11.6 Å². The second-order valence-corrected chi connectivity index (χ2v) is 9.83. The fourth-order valence-electron chi connectivity index (χ4n) is 3.83. The average molecular weight is 510 g/mol. The molecule has 4 rings (SSSR count). The van der Waals surface area contributed by atoms with Crippen molar-refractivity contribution in [2.75, 3.05) is 17.7 Å². The van der Waals surface area contributed by atoms with Crippen LogP contribution in [-0.4, -0.2) is 58.9 Å². The smallest absolute Gasteiger partial charge is 0.327 e. The van der Waals surface area contributed by atoms with Crippen LogP contribution in [0, 0.1) is 0 Å². The van der Waals surface area contributed by atoms with Gasteiger partial charge in [-0.1, -0.05) is 29.5 Å². The monoisotopic (exact) mass is 509 g/mol. The Morgan fingerprint density at radius 2 is 1.78 bits per heavy atom. The van der Waals surface area contributed by atoms with E-state index in [2.05, 4.69) is 15.3 Å². The molecule has 0 bridgehead atoms. The zero-order chi connectivity index (χ0) is 25.9. The van der Waals surface area contributed by atoms with Gasteiger partial charge in [0.2, 0.25) is 15.9 Å². The largest absolute Gasteiger partial charge is 0.481 e. The number of rotatable bonds is 9. The predicted octanol–water partition coefficient (Wildman–Crippen LogP) is 2.17. The van der Waals surface area contributed by atoms with Crippen molar-refractivity contribution in [2.24, 2.45) is 0 Å². The topological polar surface area (TPSA) is 145 Å². The second kappa shape index (κ2) is 10.1. The highest BCUT2D eigenvalue weighted by Gasteiger charge is 2.33. The van der Waals surface area contributed by atoms with E-state index in [-0.39, 0.29) is 18.7 Å². The van der Waals surface area contributed by atoms with Crippen LogP contribution in [0.3, 0.4) is 0 Å². The van der Waals surface area contributed by atoms with Gasteiger partial charge in [0.05, 0.1) is 24.4 Å². The molecule has 2 aromatic heterocycles. The van der Waals surface area contributed by atoms with E-state index in [1.807, 2.05) is 0 Å². The number of hydrogen-bond donors (Lipinski definition) is 1. The van der Waals surface area contributed by atoms with Crippen LogP contribution in [0.2, 0.25) is 0 Å². The SMILES string of the molecule is COc1ccc(-c2ccc(N([C@H](CCn3nnc4ccccc4c3=O)C(=O)O)S(C)(=O)=O)cc2)cn1. The Hall–Kier alpha value is -4.32. The number of carbonyl (C=O) groups is 1. The van der Waals surface area contributed by atoms with Gasteiger partial charge in [-0.25, -0.2) is 22.9 Å². The maximum absolute atomic E-state index is 12.7. The van der Waals surface area contributed by atoms with Crippen molar-refractivity contribution in [2.45, 2.75) is 19.0 Å². The van der Waals surface area contributed by atoms with E-state index in [1.54, 1.807) is 54.7 Å². The highest BCUT2D eigenvalue weighted by atomic mass is 32.2. The first-order chi connectivity index (χ1) is 17.2. The van der Waals surface area contributed by atoms with E-state index in [0.29, 0.717) is 16.8 Å². The fourth-order valence-corrected chi connectivity index (χ4v) is 4.99. The lowest BCUT2D eigenvalue weighted by molar-refractivity contribution is -0.138. The van der Waals surface area contributed by atoms with Crippen molar-refractivity contribution < 1.29 is 23.1 Å². The minimum Gasteiger partial charge on any atom is -0.481 e. The van der Waals surface area contributed by atoms with Gasteiger partial charge in [0.25, 0.3) is 5.56 Å². The molecule has 0 saturated heterocycles. The normalized spacial score (nSPS) is 12.3. The highest BCUT2D eigenvalue weighted by Crippen LogP contribution is 2.27. The number of ether oxygens (including phenoxy) is 1. The Morgan fingerprint density at radius 1 is 1.08 bits per heavy atom. The van der Waals surface area contributed by atoms with Gasteiger partial charge in [-0.2, -0.15) is 0 Å². The number of carboxylic acids is 1. The number of carboxylic acid groups (broad SMARTS) is 1. The van der Waals surface area contributed by atoms with Crippen LogP contribution < -0.4 is 14.6 Å². The molecule has 1 atom stereocenters. The Labute approximate surface area is 206 Å². The van der Waals surface area contributed by atoms with Gasteiger partial charge in [0, 0.05) is 24.4 Å². The quantitative estimate of drug-likeness (QED) is 0.359. The van der Waals surface area contributed by atoms with E-state index in [4.69, 9.17) is 4.74 Å². The number of benzene rings is 2. The van der Waals surface area contributed by atoms with E-state index in [9.17, 15) is 23.1 Å². The lowest BCUT2D eigenvalue weighted by Crippen LogP contribution is -2.46. The summed E-state index contributed by atoms with van der Waals surface area (Å²) in [6, 6.07) is 15.1. The summed E-state index contributed by atoms with van der Waals surface area (Å²) in [6.45, 7) is -0.144. The third kappa shape index (κ3) is 5.18. The summed E-state index contributed by atoms with van der Waals surface area (Å²) in [5.41, 5.74) is 1.68. The maximum atomic E-state index is 12.7. The number of hydrogen-bond acceptors (Lipinski definition) is 8. The number of anilines is 1. The molecule has 4 aromatic rings. The molecule has 0 aliphatic rings. The molecule has 0 fully saturated rings. The van der Waals surface area contributed by atoms with Crippen molar-refractivity contribution >= 4 is 32.6 Å². The van der Waals surface area contributed by atoms with Crippen molar-refractivity contribution in [3.63, 3.8) is 0 Å². The van der Waals surface area contributed by atoms with Gasteiger partial charge in [-0.3, -0.25) is 9.10 Å². The molecule has 0 saturated carbocycles. The number of sulfonamides is 1. The van der Waals surface area contributed by atoms with E-state index in [1.165, 1.54) is 19.2 Å². The minimum atomic E-state index is -4.00. The number of methoxy groups -OCH3 is 1. The number of nitrogens with zero attached hydrogens (tertiary/aromatic N) is 5. The number of pyridine rings is 1. The first-order valence-electron chi connectivity index (χ1n) is 10.8. The summed E-state index contributed by atoms with van der Waals surface area (Å²) in [6.07, 6.45) is 2.34. The number of aliphatic carboxylic acids is 1. The molecule has 0 spiro atoms. The van der Waals surface area contributed by atoms with E-state index < -0.39 is 27.6 Å². The first kappa shape index (κ1) is 24.8. The predicted molar refractivity (Wildman–Crippen MR) is 133 cm³/mol. The van der Waals surface area contributed by atoms with Crippen molar-refractivity contribution in [1.29, 1.82) is 0 Å². The zero-order valence-corrected chi connectivity index (χ0v) is 20.3. The summed E-state index contributed by atoms with van der Waals surface area (Å²) < 4.78 is 32.3. The first-order valence-corrected chi connectivity index (χ1v) is 12.7. The van der Waals surface area contributed by atoms with Crippen LogP contribution in [0.5, 0.6) is 5.88 Å². The van der Waals surface area contributed by atoms with Crippen LogP contribution in [0.4, 0.5) is 5.69 Å². The molecule has 36 heavy (non-hydrogen) atoms. The molecule has 12 heteroatoms. The van der Waals surface area contributed by atoms with Gasteiger partial charge in [0.15, 0.2) is 0 Å². The van der Waals surface area contributed by atoms with Crippen LogP contribution in [0.1, 0.15) is 6.42 Å². The third-order valence-corrected chi connectivity index (χ3v) is 6.75. The Balaban J connectivity index is 1.63. The minimum absolute atomic E-state index is 0.144. The Bertz CT molecular complexity index is 1550. The van der Waals surface area contributed by atoms with Gasteiger partial charge < -0.3 is 9.84 Å². The lowest BCUT2D eigenvalue weighted by Gasteiger charge is -2.29. The Kier molecular flexibility index (Phi) is 6.97. The molecular weight excluding hydrogens is 486 g/mol. The molecule has 2 aromatic carbocycles. The summed E-state index contributed by atoms with van der Waals surface area (Å²) in [7, 11) is -2.49. The van der Waals surface area contributed by atoms with E-state index >= 15 is 0 Å². The van der Waals surface area contributed by atoms with Crippen molar-refractivity contribution in [1.82, 2.24) is 20.0 Å². The van der Waals surface area contributed by atoms with Crippen LogP contribution in [0.15, 0.2) is 71.7 Å². The molecule has 0 aliphatic carbocycles. The molecule has 1 N–H and O–H groups in total. The van der Waals surface area contributed by atoms with E-state index in [0.717, 1.165) is 26.4 Å². The zero-order valence-electron chi connectivity index (χ0n) is 19.5. The van der Waals surface area contributed by atoms with Crippen LogP contribution >= 0.6 is 0 Å². The van der Waals surface area contributed by atoms with Crippen LogP contribution in [-0.2, 0) is 21.4 Å². The molecule has 0 radical (unpaired) electrons. The fraction of sp³-hybridized carbons (Fsp3) is 0.208. The third-order valence-electron chi connectivity index (χ3n) is 5.57. The summed E-state index contributed by atoms with van der Waals surface area (Å²) in [5.74, 6) is -0.899. The number of aryl methyl sites for hydroxylation is 1. The van der Waals surface area contributed by atoms with Crippen LogP contribution in [0.25, 0.3) is 22.0 Å². The molecule has 0 amide bonds. The second-order valence-electron chi connectivity index (χ2n) is 7.97. The van der Waals surface area contributed by atoms with Crippen molar-refractivity contribution in [3.8, 4) is 17.0 Å². The average Bonchev–Trinajstić information content (AvgIpc) is 2.87. The molecular formula is C24H23N5O6S. The Morgan fingerprint density at radius 3 is 2.39 bits per heavy atom. The van der Waals surface area contributed by atoms with Crippen molar-refractivity contribution in [3.05, 3.63) is 77.2 Å². The van der Waals surface area contributed by atoms with Gasteiger partial charge >= 0.3 is 5.97 Å². The standard InChI is InChI=1S/C24H23N5O6S/c1-35-22-12-9-17(15-25-22)16-7-10-18(11-8-16)29(36(2,33)34)21(24(31)32)13-14-28-23(30)19-5-3-4-6-20(19)26-27-28/h3-12,15,21H,13-14H2,1-2H3,(H,31,32)/t21-/m1/s1.